The van der Waals surface area contributed by atoms with Gasteiger partial charge < -0.3 is 15.0 Å². The predicted octanol–water partition coefficient (Wildman–Crippen LogP) is 4.96. The Kier molecular flexibility index (Phi) is 7.07. The van der Waals surface area contributed by atoms with Gasteiger partial charge in [-0.05, 0) is 55.2 Å². The number of likely N-dealkylation sites (tertiary alicyclic amines) is 1. The highest BCUT2D eigenvalue weighted by Crippen LogP contribution is 2.24. The minimum absolute atomic E-state index is 0.125. The summed E-state index contributed by atoms with van der Waals surface area (Å²) in [5.74, 6) is -0.896. The van der Waals surface area contributed by atoms with Crippen LogP contribution in [0.25, 0.3) is 0 Å². The van der Waals surface area contributed by atoms with Gasteiger partial charge in [0, 0.05) is 30.8 Å². The van der Waals surface area contributed by atoms with Crippen molar-refractivity contribution in [3.8, 4) is 0 Å². The van der Waals surface area contributed by atoms with E-state index in [0.29, 0.717) is 29.8 Å². The summed E-state index contributed by atoms with van der Waals surface area (Å²) < 4.78 is 5.74. The highest BCUT2D eigenvalue weighted by atomic mass is 16.5. The van der Waals surface area contributed by atoms with E-state index in [1.165, 1.54) is 0 Å². The number of aryl methyl sites for hydroxylation is 2. The summed E-state index contributed by atoms with van der Waals surface area (Å²) in [5.41, 5.74) is 4.38. The number of hydrogen-bond donors (Lipinski definition) is 1. The van der Waals surface area contributed by atoms with Gasteiger partial charge in [0.2, 0.25) is 12.0 Å². The zero-order valence-electron chi connectivity index (χ0n) is 19.4. The van der Waals surface area contributed by atoms with E-state index in [0.717, 1.165) is 29.7 Å². The molecule has 0 radical (unpaired) electrons. The second-order valence-corrected chi connectivity index (χ2v) is 8.62. The standard InChI is InChI=1S/C28H28N2O4/c1-19-13-14-20(2)24(16-19)29-27(32)26(22-9-4-3-5-10-22)34-28(33)23-11-6-8-21(17-23)18-30-15-7-12-25(30)31/h3-6,8-11,13-14,16-17,26H,7,12,15,18H2,1-2H3,(H,29,32). The number of carbonyl (C=O) groups excluding carboxylic acids is 3. The molecule has 3 aromatic rings. The minimum atomic E-state index is -1.11. The second-order valence-electron chi connectivity index (χ2n) is 8.62. The number of carbonyl (C=O) groups is 3. The molecule has 6 nitrogen and oxygen atoms in total. The average Bonchev–Trinajstić information content (AvgIpc) is 3.24. The Morgan fingerprint density at radius 3 is 2.53 bits per heavy atom. The monoisotopic (exact) mass is 456 g/mol. The molecule has 0 aromatic heterocycles. The van der Waals surface area contributed by atoms with E-state index >= 15 is 0 Å². The number of anilines is 1. The molecule has 34 heavy (non-hydrogen) atoms. The van der Waals surface area contributed by atoms with Crippen LogP contribution in [0.1, 0.15) is 51.6 Å². The van der Waals surface area contributed by atoms with Crippen molar-refractivity contribution in [1.29, 1.82) is 0 Å². The molecule has 1 heterocycles. The topological polar surface area (TPSA) is 75.7 Å². The molecule has 2 amide bonds. The van der Waals surface area contributed by atoms with E-state index < -0.39 is 18.0 Å². The van der Waals surface area contributed by atoms with E-state index in [9.17, 15) is 14.4 Å². The molecule has 1 aliphatic heterocycles. The third kappa shape index (κ3) is 5.52. The van der Waals surface area contributed by atoms with Crippen LogP contribution in [0.5, 0.6) is 0 Å². The molecule has 0 saturated carbocycles. The van der Waals surface area contributed by atoms with Crippen molar-refractivity contribution in [3.63, 3.8) is 0 Å². The van der Waals surface area contributed by atoms with Gasteiger partial charge in [-0.25, -0.2) is 4.79 Å². The highest BCUT2D eigenvalue weighted by Gasteiger charge is 2.27. The van der Waals surface area contributed by atoms with Gasteiger partial charge in [-0.3, -0.25) is 9.59 Å². The van der Waals surface area contributed by atoms with Gasteiger partial charge in [-0.1, -0.05) is 54.6 Å². The van der Waals surface area contributed by atoms with Gasteiger partial charge in [0.05, 0.1) is 5.56 Å². The van der Waals surface area contributed by atoms with Gasteiger partial charge in [-0.15, -0.1) is 0 Å². The summed E-state index contributed by atoms with van der Waals surface area (Å²) in [7, 11) is 0. The van der Waals surface area contributed by atoms with Crippen LogP contribution in [0.3, 0.4) is 0 Å². The normalized spacial score (nSPS) is 14.1. The molecule has 0 spiro atoms. The molecule has 0 aliphatic carbocycles. The van der Waals surface area contributed by atoms with Crippen LogP contribution in [-0.2, 0) is 20.9 Å². The summed E-state index contributed by atoms with van der Waals surface area (Å²) in [6, 6.07) is 21.8. The van der Waals surface area contributed by atoms with Crippen molar-refractivity contribution in [2.75, 3.05) is 11.9 Å². The van der Waals surface area contributed by atoms with Crippen molar-refractivity contribution in [3.05, 3.63) is 101 Å². The van der Waals surface area contributed by atoms with Crippen molar-refractivity contribution < 1.29 is 19.1 Å². The maximum absolute atomic E-state index is 13.2. The average molecular weight is 457 g/mol. The van der Waals surface area contributed by atoms with Crippen LogP contribution in [0.2, 0.25) is 0 Å². The zero-order chi connectivity index (χ0) is 24.1. The van der Waals surface area contributed by atoms with E-state index in [4.69, 9.17) is 4.74 Å². The fourth-order valence-corrected chi connectivity index (χ4v) is 4.03. The first-order valence-electron chi connectivity index (χ1n) is 11.4. The number of esters is 1. The maximum Gasteiger partial charge on any atom is 0.339 e. The second kappa shape index (κ2) is 10.3. The zero-order valence-corrected chi connectivity index (χ0v) is 19.4. The molecular weight excluding hydrogens is 428 g/mol. The summed E-state index contributed by atoms with van der Waals surface area (Å²) in [6.45, 7) is 5.04. The third-order valence-corrected chi connectivity index (χ3v) is 5.92. The lowest BCUT2D eigenvalue weighted by molar-refractivity contribution is -0.128. The van der Waals surface area contributed by atoms with Crippen molar-refractivity contribution >= 4 is 23.5 Å². The van der Waals surface area contributed by atoms with Crippen LogP contribution in [0.4, 0.5) is 5.69 Å². The van der Waals surface area contributed by atoms with E-state index in [1.54, 1.807) is 47.4 Å². The Hall–Kier alpha value is -3.93. The molecule has 174 valence electrons. The Balaban J connectivity index is 1.54. The molecule has 0 bridgehead atoms. The van der Waals surface area contributed by atoms with Gasteiger partial charge in [0.15, 0.2) is 0 Å². The van der Waals surface area contributed by atoms with Gasteiger partial charge >= 0.3 is 5.97 Å². The van der Waals surface area contributed by atoms with E-state index in [1.807, 2.05) is 44.2 Å². The molecule has 4 rings (SSSR count). The fraction of sp³-hybridized carbons (Fsp3) is 0.250. The lowest BCUT2D eigenvalue weighted by Crippen LogP contribution is -2.26. The first kappa shape index (κ1) is 23.2. The number of hydrogen-bond acceptors (Lipinski definition) is 4. The Morgan fingerprint density at radius 1 is 1.00 bits per heavy atom. The largest absolute Gasteiger partial charge is 0.444 e. The molecular formula is C28H28N2O4. The van der Waals surface area contributed by atoms with E-state index in [2.05, 4.69) is 5.32 Å². The summed E-state index contributed by atoms with van der Waals surface area (Å²) >= 11 is 0. The van der Waals surface area contributed by atoms with E-state index in [-0.39, 0.29) is 5.91 Å². The first-order valence-corrected chi connectivity index (χ1v) is 11.4. The quantitative estimate of drug-likeness (QED) is 0.510. The van der Waals surface area contributed by atoms with Crippen LogP contribution in [0.15, 0.2) is 72.8 Å². The van der Waals surface area contributed by atoms with Crippen LogP contribution >= 0.6 is 0 Å². The number of benzene rings is 3. The minimum Gasteiger partial charge on any atom is -0.444 e. The molecule has 1 N–H and O–H groups in total. The Bertz CT molecular complexity index is 1210. The molecule has 1 saturated heterocycles. The summed E-state index contributed by atoms with van der Waals surface area (Å²) in [5, 5.41) is 2.91. The number of nitrogens with zero attached hydrogens (tertiary/aromatic N) is 1. The molecule has 1 fully saturated rings. The fourth-order valence-electron chi connectivity index (χ4n) is 4.03. The SMILES string of the molecule is Cc1ccc(C)c(NC(=O)C(OC(=O)c2cccc(CN3CCCC3=O)c2)c2ccccc2)c1. The van der Waals surface area contributed by atoms with Crippen LogP contribution in [-0.4, -0.2) is 29.2 Å². The van der Waals surface area contributed by atoms with Gasteiger partial charge in [-0.2, -0.15) is 0 Å². The molecule has 6 heteroatoms. The maximum atomic E-state index is 13.2. The number of amides is 2. The summed E-state index contributed by atoms with van der Waals surface area (Å²) in [4.78, 5) is 40.1. The Morgan fingerprint density at radius 2 is 1.79 bits per heavy atom. The molecule has 1 unspecified atom stereocenters. The highest BCUT2D eigenvalue weighted by molar-refractivity contribution is 5.98. The van der Waals surface area contributed by atoms with Gasteiger partial charge in [0.25, 0.3) is 5.91 Å². The Labute approximate surface area is 199 Å². The van der Waals surface area contributed by atoms with Crippen LogP contribution < -0.4 is 5.32 Å². The van der Waals surface area contributed by atoms with Crippen molar-refractivity contribution in [1.82, 2.24) is 4.90 Å². The molecule has 1 aliphatic rings. The summed E-state index contributed by atoms with van der Waals surface area (Å²) in [6.07, 6.45) is 0.308. The molecule has 1 atom stereocenters. The first-order chi connectivity index (χ1) is 16.4. The van der Waals surface area contributed by atoms with Crippen molar-refractivity contribution in [2.45, 2.75) is 39.3 Å². The van der Waals surface area contributed by atoms with Crippen LogP contribution in [0, 0.1) is 13.8 Å². The van der Waals surface area contributed by atoms with Gasteiger partial charge in [0.1, 0.15) is 0 Å². The lowest BCUT2D eigenvalue weighted by Gasteiger charge is -2.20. The smallest absolute Gasteiger partial charge is 0.339 e. The number of ether oxygens (including phenoxy) is 1. The number of rotatable bonds is 7. The predicted molar refractivity (Wildman–Crippen MR) is 130 cm³/mol. The molecule has 3 aromatic carbocycles. The lowest BCUT2D eigenvalue weighted by atomic mass is 10.1. The third-order valence-electron chi connectivity index (χ3n) is 5.92. The number of nitrogens with one attached hydrogen (secondary N) is 1. The van der Waals surface area contributed by atoms with Crippen molar-refractivity contribution in [2.24, 2.45) is 0 Å².